The van der Waals surface area contributed by atoms with Crippen LogP contribution < -0.4 is 11.3 Å². The third-order valence-corrected chi connectivity index (χ3v) is 3.06. The van der Waals surface area contributed by atoms with Gasteiger partial charge in [-0.2, -0.15) is 0 Å². The van der Waals surface area contributed by atoms with Crippen LogP contribution in [0.3, 0.4) is 0 Å². The van der Waals surface area contributed by atoms with Gasteiger partial charge >= 0.3 is 0 Å². The molecule has 0 saturated carbocycles. The molecule has 1 aromatic heterocycles. The zero-order chi connectivity index (χ0) is 15.6. The molecule has 1 heterocycles. The van der Waals surface area contributed by atoms with Crippen molar-refractivity contribution in [2.24, 2.45) is 5.73 Å². The molecule has 4 nitrogen and oxygen atoms in total. The summed E-state index contributed by atoms with van der Waals surface area (Å²) in [6.45, 7) is 3.33. The van der Waals surface area contributed by atoms with Gasteiger partial charge in [0.25, 0.3) is 5.56 Å². The van der Waals surface area contributed by atoms with Gasteiger partial charge in [0.1, 0.15) is 5.82 Å². The van der Waals surface area contributed by atoms with Gasteiger partial charge in [-0.3, -0.25) is 9.36 Å². The summed E-state index contributed by atoms with van der Waals surface area (Å²) in [7, 11) is 0. The topological polar surface area (TPSA) is 71.9 Å². The van der Waals surface area contributed by atoms with E-state index in [4.69, 9.17) is 11.1 Å². The molecular formula is C16H16FN3O. The average molecular weight is 285 g/mol. The Balaban J connectivity index is 2.66. The van der Waals surface area contributed by atoms with Crippen LogP contribution in [-0.2, 0) is 0 Å². The van der Waals surface area contributed by atoms with E-state index in [-0.39, 0.29) is 5.56 Å². The number of nitrogens with zero attached hydrogens (tertiary/aromatic N) is 1. The molecule has 3 N–H and O–H groups in total. The van der Waals surface area contributed by atoms with Crippen molar-refractivity contribution < 1.29 is 4.39 Å². The van der Waals surface area contributed by atoms with Crippen LogP contribution in [0.5, 0.6) is 0 Å². The van der Waals surface area contributed by atoms with E-state index in [0.717, 1.165) is 0 Å². The largest absolute Gasteiger partial charge is 0.402 e. The molecule has 0 amide bonds. The first-order chi connectivity index (χ1) is 9.90. The summed E-state index contributed by atoms with van der Waals surface area (Å²) in [6, 6.07) is 8.77. The van der Waals surface area contributed by atoms with E-state index in [2.05, 4.69) is 0 Å². The van der Waals surface area contributed by atoms with Crippen LogP contribution in [0.15, 0.2) is 53.1 Å². The predicted molar refractivity (Wildman–Crippen MR) is 82.2 cm³/mol. The Labute approximate surface area is 121 Å². The fourth-order valence-electron chi connectivity index (χ4n) is 2.20. The molecule has 0 saturated heterocycles. The lowest BCUT2D eigenvalue weighted by Gasteiger charge is -2.12. The summed E-state index contributed by atoms with van der Waals surface area (Å²) in [5.74, 6) is -0.418. The van der Waals surface area contributed by atoms with Crippen molar-refractivity contribution in [3.8, 4) is 5.69 Å². The summed E-state index contributed by atoms with van der Waals surface area (Å²) in [4.78, 5) is 12.0. The van der Waals surface area contributed by atoms with Crippen LogP contribution in [0, 0.1) is 11.2 Å². The van der Waals surface area contributed by atoms with Gasteiger partial charge in [-0.25, -0.2) is 4.39 Å². The third kappa shape index (κ3) is 3.08. The van der Waals surface area contributed by atoms with Crippen LogP contribution in [0.2, 0.25) is 0 Å². The number of pyridine rings is 1. The molecule has 0 aliphatic heterocycles. The molecule has 21 heavy (non-hydrogen) atoms. The highest BCUT2D eigenvalue weighted by atomic mass is 19.1. The van der Waals surface area contributed by atoms with Crippen LogP contribution in [0.1, 0.15) is 19.4 Å². The maximum atomic E-state index is 13.3. The molecule has 1 aromatic carbocycles. The van der Waals surface area contributed by atoms with Crippen LogP contribution in [-0.4, -0.2) is 10.3 Å². The minimum absolute atomic E-state index is 0.277. The first kappa shape index (κ1) is 14.7. The highest BCUT2D eigenvalue weighted by Crippen LogP contribution is 2.18. The number of hydrogen-bond donors (Lipinski definition) is 2. The predicted octanol–water partition coefficient (Wildman–Crippen LogP) is 2.71. The third-order valence-electron chi connectivity index (χ3n) is 3.06. The molecule has 5 heteroatoms. The molecule has 0 aliphatic rings. The molecule has 2 rings (SSSR count). The number of rotatable bonds is 3. The van der Waals surface area contributed by atoms with Crippen molar-refractivity contribution in [1.29, 1.82) is 5.41 Å². The highest BCUT2D eigenvalue weighted by molar-refractivity contribution is 6.21. The van der Waals surface area contributed by atoms with Gasteiger partial charge < -0.3 is 11.1 Å². The number of nitrogens with one attached hydrogen (secondary N) is 1. The van der Waals surface area contributed by atoms with E-state index in [1.54, 1.807) is 32.2 Å². The zero-order valence-corrected chi connectivity index (χ0v) is 11.9. The van der Waals surface area contributed by atoms with Crippen molar-refractivity contribution in [3.05, 3.63) is 70.0 Å². The Bertz CT molecular complexity index is 786. The van der Waals surface area contributed by atoms with Gasteiger partial charge in [-0.15, -0.1) is 0 Å². The Hall–Kier alpha value is -2.69. The van der Waals surface area contributed by atoms with E-state index in [0.29, 0.717) is 28.2 Å². The number of aromatic nitrogens is 1. The Morgan fingerprint density at radius 2 is 1.95 bits per heavy atom. The molecule has 0 atom stereocenters. The van der Waals surface area contributed by atoms with E-state index in [1.807, 2.05) is 0 Å². The summed E-state index contributed by atoms with van der Waals surface area (Å²) in [5.41, 5.74) is 7.98. The van der Waals surface area contributed by atoms with Crippen LogP contribution in [0.4, 0.5) is 4.39 Å². The minimum atomic E-state index is -0.418. The zero-order valence-electron chi connectivity index (χ0n) is 11.9. The molecule has 2 aromatic rings. The summed E-state index contributed by atoms with van der Waals surface area (Å²) < 4.78 is 14.7. The maximum absolute atomic E-state index is 13.3. The van der Waals surface area contributed by atoms with Crippen molar-refractivity contribution >= 4 is 11.3 Å². The van der Waals surface area contributed by atoms with E-state index >= 15 is 0 Å². The van der Waals surface area contributed by atoms with E-state index < -0.39 is 5.82 Å². The number of hydrogen-bond acceptors (Lipinski definition) is 3. The molecule has 0 fully saturated rings. The number of nitrogens with two attached hydrogens (primary N) is 1. The molecule has 108 valence electrons. The fraction of sp³-hybridized carbons (Fsp3) is 0.125. The second-order valence-corrected chi connectivity index (χ2v) is 4.79. The van der Waals surface area contributed by atoms with E-state index in [1.165, 1.54) is 28.8 Å². The van der Waals surface area contributed by atoms with Gasteiger partial charge in [0.2, 0.25) is 0 Å². The smallest absolute Gasteiger partial charge is 0.255 e. The normalized spacial score (nSPS) is 12.0. The first-order valence-electron chi connectivity index (χ1n) is 6.41. The lowest BCUT2D eigenvalue weighted by atomic mass is 10.0. The van der Waals surface area contributed by atoms with Crippen molar-refractivity contribution in [3.63, 3.8) is 0 Å². The van der Waals surface area contributed by atoms with Crippen molar-refractivity contribution in [2.45, 2.75) is 13.8 Å². The summed E-state index contributed by atoms with van der Waals surface area (Å²) >= 11 is 0. The average Bonchev–Trinajstić information content (AvgIpc) is 2.40. The maximum Gasteiger partial charge on any atom is 0.255 e. The molecule has 0 aliphatic carbocycles. The SMILES string of the molecule is CC(=N)C(=C(C)N)c1ccc(=O)n(-c2cccc(F)c2)c1. The van der Waals surface area contributed by atoms with Gasteiger partial charge in [-0.05, 0) is 38.1 Å². The number of benzene rings is 1. The summed E-state index contributed by atoms with van der Waals surface area (Å²) in [6.07, 6.45) is 1.57. The number of allylic oxidation sites excluding steroid dienone is 2. The van der Waals surface area contributed by atoms with Gasteiger partial charge in [0, 0.05) is 34.8 Å². The van der Waals surface area contributed by atoms with Gasteiger partial charge in [-0.1, -0.05) is 6.07 Å². The molecular weight excluding hydrogens is 269 g/mol. The summed E-state index contributed by atoms with van der Waals surface area (Å²) in [5, 5.41) is 7.80. The van der Waals surface area contributed by atoms with E-state index in [9.17, 15) is 9.18 Å². The van der Waals surface area contributed by atoms with Crippen LogP contribution in [0.25, 0.3) is 11.3 Å². The fourth-order valence-corrected chi connectivity index (χ4v) is 2.20. The second kappa shape index (κ2) is 5.75. The number of halogens is 1. The van der Waals surface area contributed by atoms with Crippen molar-refractivity contribution in [2.75, 3.05) is 0 Å². The van der Waals surface area contributed by atoms with Crippen molar-refractivity contribution in [1.82, 2.24) is 4.57 Å². The molecule has 0 spiro atoms. The Morgan fingerprint density at radius 3 is 2.52 bits per heavy atom. The van der Waals surface area contributed by atoms with Gasteiger partial charge in [0.15, 0.2) is 0 Å². The lowest BCUT2D eigenvalue weighted by molar-refractivity contribution is 0.626. The Morgan fingerprint density at radius 1 is 1.24 bits per heavy atom. The first-order valence-corrected chi connectivity index (χ1v) is 6.41. The van der Waals surface area contributed by atoms with Gasteiger partial charge in [0.05, 0.1) is 5.69 Å². The van der Waals surface area contributed by atoms with Crippen LogP contribution >= 0.6 is 0 Å². The monoisotopic (exact) mass is 285 g/mol. The highest BCUT2D eigenvalue weighted by Gasteiger charge is 2.10. The molecule has 0 bridgehead atoms. The Kier molecular flexibility index (Phi) is 4.03. The molecule has 0 unspecified atom stereocenters. The minimum Gasteiger partial charge on any atom is -0.402 e. The quantitative estimate of drug-likeness (QED) is 0.851. The molecule has 0 radical (unpaired) electrons. The standard InChI is InChI=1S/C16H16FN3O/c1-10(18)16(11(2)19)12-6-7-15(21)20(9-12)14-5-3-4-13(17)8-14/h3-9,18H,19H2,1-2H3. The second-order valence-electron chi connectivity index (χ2n) is 4.79. The lowest BCUT2D eigenvalue weighted by Crippen LogP contribution is -2.18.